The highest BCUT2D eigenvalue weighted by atomic mass is 35.5. The Morgan fingerprint density at radius 1 is 1.58 bits per heavy atom. The molecule has 1 aromatic rings. The van der Waals surface area contributed by atoms with Crippen LogP contribution >= 0.6 is 11.6 Å². The van der Waals surface area contributed by atoms with Gasteiger partial charge in [0, 0.05) is 29.7 Å². The van der Waals surface area contributed by atoms with E-state index in [2.05, 4.69) is 11.8 Å². The number of morpholine rings is 1. The number of phenolic OH excluding ortho intramolecular Hbond substituents is 1. The average molecular weight is 284 g/mol. The maximum absolute atomic E-state index is 11.5. The normalized spacial score (nSPS) is 20.5. The van der Waals surface area contributed by atoms with Gasteiger partial charge >= 0.3 is 0 Å². The predicted octanol–water partition coefficient (Wildman–Crippen LogP) is 2.47. The molecule has 1 aromatic carbocycles. The van der Waals surface area contributed by atoms with Crippen molar-refractivity contribution in [3.05, 3.63) is 28.3 Å². The Labute approximate surface area is 117 Å². The van der Waals surface area contributed by atoms with Crippen LogP contribution in [0.2, 0.25) is 5.02 Å². The van der Waals surface area contributed by atoms with Crippen molar-refractivity contribution in [2.45, 2.75) is 26.4 Å². The van der Waals surface area contributed by atoms with Crippen molar-refractivity contribution in [1.29, 1.82) is 0 Å². The lowest BCUT2D eigenvalue weighted by molar-refractivity contribution is -0.00464. The first-order valence-electron chi connectivity index (χ1n) is 6.33. The molecule has 0 radical (unpaired) electrons. The summed E-state index contributed by atoms with van der Waals surface area (Å²) < 4.78 is 5.38. The van der Waals surface area contributed by atoms with Crippen LogP contribution in [0, 0.1) is 0 Å². The van der Waals surface area contributed by atoms with Crippen molar-refractivity contribution >= 4 is 17.4 Å². The lowest BCUT2D eigenvalue weighted by Crippen LogP contribution is -2.42. The van der Waals surface area contributed by atoms with Gasteiger partial charge in [0.05, 0.1) is 18.8 Å². The number of aromatic hydroxyl groups is 1. The molecule has 1 fully saturated rings. The Kier molecular flexibility index (Phi) is 4.45. The molecule has 104 valence electrons. The Morgan fingerprint density at radius 3 is 2.95 bits per heavy atom. The van der Waals surface area contributed by atoms with Crippen LogP contribution in [0.3, 0.4) is 0 Å². The van der Waals surface area contributed by atoms with Crippen molar-refractivity contribution in [3.8, 4) is 5.75 Å². The number of phenols is 1. The predicted molar refractivity (Wildman–Crippen MR) is 73.8 cm³/mol. The minimum atomic E-state index is -0.184. The highest BCUT2D eigenvalue weighted by molar-refractivity contribution is 6.31. The van der Waals surface area contributed by atoms with E-state index < -0.39 is 0 Å². The molecule has 0 aromatic heterocycles. The van der Waals surface area contributed by atoms with E-state index in [4.69, 9.17) is 16.3 Å². The van der Waals surface area contributed by atoms with E-state index in [1.807, 2.05) is 0 Å². The van der Waals surface area contributed by atoms with Gasteiger partial charge in [0.15, 0.2) is 5.78 Å². The van der Waals surface area contributed by atoms with E-state index in [0.717, 1.165) is 6.54 Å². The number of nitrogens with zero attached hydrogens (tertiary/aromatic N) is 1. The van der Waals surface area contributed by atoms with E-state index in [9.17, 15) is 9.90 Å². The molecule has 0 bridgehead atoms. The number of benzene rings is 1. The number of carbonyl (C=O) groups is 1. The van der Waals surface area contributed by atoms with Gasteiger partial charge < -0.3 is 9.84 Å². The number of ether oxygens (including phenoxy) is 1. The van der Waals surface area contributed by atoms with E-state index in [0.29, 0.717) is 30.3 Å². The van der Waals surface area contributed by atoms with Crippen molar-refractivity contribution in [2.75, 3.05) is 19.8 Å². The van der Waals surface area contributed by atoms with Gasteiger partial charge in [-0.15, -0.1) is 0 Å². The van der Waals surface area contributed by atoms with Gasteiger partial charge in [-0.05, 0) is 26.0 Å². The van der Waals surface area contributed by atoms with Crippen molar-refractivity contribution < 1.29 is 14.6 Å². The molecular formula is C14H18ClNO3. The average Bonchev–Trinajstić information content (AvgIpc) is 2.35. The van der Waals surface area contributed by atoms with Gasteiger partial charge in [-0.1, -0.05) is 11.6 Å². The van der Waals surface area contributed by atoms with Crippen molar-refractivity contribution in [3.63, 3.8) is 0 Å². The first kappa shape index (κ1) is 14.3. The number of Topliss-reactive ketones (excluding diaryl/α,β-unsaturated/α-hetero) is 1. The van der Waals surface area contributed by atoms with Crippen molar-refractivity contribution in [2.24, 2.45) is 0 Å². The van der Waals surface area contributed by atoms with Gasteiger partial charge in [-0.3, -0.25) is 9.69 Å². The second kappa shape index (κ2) is 5.90. The Balaban J connectivity index is 2.26. The zero-order valence-electron chi connectivity index (χ0n) is 11.1. The molecule has 19 heavy (non-hydrogen) atoms. The van der Waals surface area contributed by atoms with Crippen LogP contribution in [-0.4, -0.2) is 41.6 Å². The van der Waals surface area contributed by atoms with Crippen LogP contribution in [0.4, 0.5) is 0 Å². The quantitative estimate of drug-likeness (QED) is 0.866. The molecular weight excluding hydrogens is 266 g/mol. The second-order valence-corrected chi connectivity index (χ2v) is 5.35. The molecule has 1 N–H and O–H groups in total. The Morgan fingerprint density at radius 2 is 2.32 bits per heavy atom. The zero-order valence-corrected chi connectivity index (χ0v) is 11.9. The minimum Gasteiger partial charge on any atom is -0.507 e. The summed E-state index contributed by atoms with van der Waals surface area (Å²) >= 11 is 6.01. The standard InChI is InChI=1S/C14H18ClNO3/c1-9-8-19-4-3-16(9)7-11-5-12(15)6-13(10(2)17)14(11)18/h5-6,9,18H,3-4,7-8H2,1-2H3. The van der Waals surface area contributed by atoms with Crippen LogP contribution < -0.4 is 0 Å². The first-order chi connectivity index (χ1) is 8.99. The van der Waals surface area contributed by atoms with Gasteiger partial charge in [0.1, 0.15) is 5.75 Å². The summed E-state index contributed by atoms with van der Waals surface area (Å²) in [5.74, 6) is -0.146. The number of hydrogen-bond donors (Lipinski definition) is 1. The van der Waals surface area contributed by atoms with E-state index in [-0.39, 0.29) is 23.1 Å². The largest absolute Gasteiger partial charge is 0.507 e. The number of halogens is 1. The maximum Gasteiger partial charge on any atom is 0.163 e. The van der Waals surface area contributed by atoms with Crippen LogP contribution in [-0.2, 0) is 11.3 Å². The first-order valence-corrected chi connectivity index (χ1v) is 6.71. The van der Waals surface area contributed by atoms with Crippen LogP contribution in [0.25, 0.3) is 0 Å². The third-order valence-electron chi connectivity index (χ3n) is 3.41. The van der Waals surface area contributed by atoms with Gasteiger partial charge in [0.25, 0.3) is 0 Å². The lowest BCUT2D eigenvalue weighted by atomic mass is 10.0. The molecule has 1 heterocycles. The molecule has 5 heteroatoms. The molecule has 1 saturated heterocycles. The maximum atomic E-state index is 11.5. The summed E-state index contributed by atoms with van der Waals surface area (Å²) in [6, 6.07) is 3.50. The van der Waals surface area contributed by atoms with Gasteiger partial charge in [-0.2, -0.15) is 0 Å². The van der Waals surface area contributed by atoms with E-state index >= 15 is 0 Å². The number of hydrogen-bond acceptors (Lipinski definition) is 4. The smallest absolute Gasteiger partial charge is 0.163 e. The Hall–Kier alpha value is -1.10. The summed E-state index contributed by atoms with van der Waals surface area (Å²) in [6.07, 6.45) is 0. The van der Waals surface area contributed by atoms with Crippen LogP contribution in [0.5, 0.6) is 5.75 Å². The molecule has 1 atom stereocenters. The van der Waals surface area contributed by atoms with Crippen LogP contribution in [0.1, 0.15) is 29.8 Å². The van der Waals surface area contributed by atoms with Gasteiger partial charge in [-0.25, -0.2) is 0 Å². The van der Waals surface area contributed by atoms with Gasteiger partial charge in [0.2, 0.25) is 0 Å². The summed E-state index contributed by atoms with van der Waals surface area (Å²) in [5.41, 5.74) is 0.967. The summed E-state index contributed by atoms with van der Waals surface area (Å²) in [4.78, 5) is 13.7. The van der Waals surface area contributed by atoms with Crippen molar-refractivity contribution in [1.82, 2.24) is 4.90 Å². The van der Waals surface area contributed by atoms with E-state index in [1.165, 1.54) is 13.0 Å². The third-order valence-corrected chi connectivity index (χ3v) is 3.63. The summed E-state index contributed by atoms with van der Waals surface area (Å²) in [5, 5.41) is 10.6. The SMILES string of the molecule is CC(=O)c1cc(Cl)cc(CN2CCOCC2C)c1O. The third kappa shape index (κ3) is 3.26. The fraction of sp³-hybridized carbons (Fsp3) is 0.500. The number of carbonyl (C=O) groups excluding carboxylic acids is 1. The number of rotatable bonds is 3. The molecule has 1 aliphatic heterocycles. The van der Waals surface area contributed by atoms with E-state index in [1.54, 1.807) is 6.07 Å². The molecule has 4 nitrogen and oxygen atoms in total. The topological polar surface area (TPSA) is 49.8 Å². The highest BCUT2D eigenvalue weighted by Crippen LogP contribution is 2.29. The molecule has 0 saturated carbocycles. The second-order valence-electron chi connectivity index (χ2n) is 4.91. The lowest BCUT2D eigenvalue weighted by Gasteiger charge is -2.33. The molecule has 0 spiro atoms. The molecule has 1 unspecified atom stereocenters. The minimum absolute atomic E-state index is 0.0376. The van der Waals surface area contributed by atoms with Crippen LogP contribution in [0.15, 0.2) is 12.1 Å². The Bertz CT molecular complexity index is 490. The molecule has 0 aliphatic carbocycles. The summed E-state index contributed by atoms with van der Waals surface area (Å²) in [7, 11) is 0. The molecule has 2 rings (SSSR count). The molecule has 0 amide bonds. The monoisotopic (exact) mass is 283 g/mol. The highest BCUT2D eigenvalue weighted by Gasteiger charge is 2.21. The summed E-state index contributed by atoms with van der Waals surface area (Å²) in [6.45, 7) is 6.24. The fourth-order valence-corrected chi connectivity index (χ4v) is 2.50. The zero-order chi connectivity index (χ0) is 14.0. The molecule has 1 aliphatic rings. The number of ketones is 1. The fourth-order valence-electron chi connectivity index (χ4n) is 2.26.